The van der Waals surface area contributed by atoms with Crippen molar-refractivity contribution in [1.29, 1.82) is 0 Å². The maximum atomic E-state index is 10.8. The SMILES string of the molecule is Cl.O=C(O)CCN1CCC2(CC1)COc1cc(OCc3c(Cl)cc(C4CC4)cc3Cl)ccc12. The lowest BCUT2D eigenvalue weighted by atomic mass is 9.74. The molecule has 2 aromatic carbocycles. The van der Waals surface area contributed by atoms with Crippen molar-refractivity contribution in [3.8, 4) is 11.5 Å². The third kappa shape index (κ3) is 5.22. The molecule has 1 N–H and O–H groups in total. The van der Waals surface area contributed by atoms with Crippen molar-refractivity contribution in [2.24, 2.45) is 0 Å². The van der Waals surface area contributed by atoms with E-state index in [9.17, 15) is 4.79 Å². The molecule has 8 heteroatoms. The molecular weight excluding hydrogens is 485 g/mol. The number of carboxylic acids is 1. The Labute approximate surface area is 210 Å². The molecule has 3 aliphatic rings. The van der Waals surface area contributed by atoms with Crippen LogP contribution in [-0.4, -0.2) is 42.2 Å². The number of hydrogen-bond acceptors (Lipinski definition) is 4. The highest BCUT2D eigenvalue weighted by Gasteiger charge is 2.43. The van der Waals surface area contributed by atoms with E-state index in [0.717, 1.165) is 43.0 Å². The molecule has 2 aliphatic heterocycles. The number of rotatable bonds is 7. The van der Waals surface area contributed by atoms with E-state index in [4.69, 9.17) is 37.8 Å². The molecular formula is C25H28Cl3NO4. The van der Waals surface area contributed by atoms with Crippen molar-refractivity contribution >= 4 is 41.6 Å². The summed E-state index contributed by atoms with van der Waals surface area (Å²) in [5, 5.41) is 10.2. The second-order valence-corrected chi connectivity index (χ2v) is 10.1. The third-order valence-electron chi connectivity index (χ3n) is 7.08. The molecule has 2 fully saturated rings. The molecule has 2 heterocycles. The number of carbonyl (C=O) groups is 1. The van der Waals surface area contributed by atoms with E-state index >= 15 is 0 Å². The van der Waals surface area contributed by atoms with Crippen molar-refractivity contribution in [1.82, 2.24) is 4.90 Å². The van der Waals surface area contributed by atoms with Gasteiger partial charge >= 0.3 is 5.97 Å². The number of piperidine rings is 1. The number of nitrogens with zero attached hydrogens (tertiary/aromatic N) is 1. The molecule has 5 rings (SSSR count). The molecule has 1 saturated heterocycles. The normalized spacial score (nSPS) is 19.0. The molecule has 2 aromatic rings. The molecule has 0 radical (unpaired) electrons. The van der Waals surface area contributed by atoms with Crippen LogP contribution in [0.3, 0.4) is 0 Å². The van der Waals surface area contributed by atoms with Gasteiger partial charge in [-0.15, -0.1) is 12.4 Å². The van der Waals surface area contributed by atoms with Crippen LogP contribution in [-0.2, 0) is 16.8 Å². The van der Waals surface area contributed by atoms with Crippen LogP contribution in [0.2, 0.25) is 10.0 Å². The van der Waals surface area contributed by atoms with Gasteiger partial charge in [-0.3, -0.25) is 4.79 Å². The number of carboxylic acid groups (broad SMARTS) is 1. The Hall–Kier alpha value is -1.66. The highest BCUT2D eigenvalue weighted by Crippen LogP contribution is 2.47. The van der Waals surface area contributed by atoms with Gasteiger partial charge in [0.2, 0.25) is 0 Å². The first-order valence-corrected chi connectivity index (χ1v) is 12.0. The fourth-order valence-corrected chi connectivity index (χ4v) is 5.50. The first-order chi connectivity index (χ1) is 15.4. The number of benzene rings is 2. The summed E-state index contributed by atoms with van der Waals surface area (Å²) >= 11 is 13.0. The Morgan fingerprint density at radius 2 is 1.85 bits per heavy atom. The average molecular weight is 513 g/mol. The molecule has 0 amide bonds. The van der Waals surface area contributed by atoms with Crippen LogP contribution in [0.25, 0.3) is 0 Å². The predicted octanol–water partition coefficient (Wildman–Crippen LogP) is 6.07. The molecule has 1 saturated carbocycles. The number of ether oxygens (including phenoxy) is 2. The smallest absolute Gasteiger partial charge is 0.304 e. The first-order valence-electron chi connectivity index (χ1n) is 11.3. The quantitative estimate of drug-likeness (QED) is 0.488. The zero-order valence-corrected chi connectivity index (χ0v) is 20.6. The highest BCUT2D eigenvalue weighted by molar-refractivity contribution is 6.36. The Bertz CT molecular complexity index is 1010. The summed E-state index contributed by atoms with van der Waals surface area (Å²) in [6.45, 7) is 3.37. The largest absolute Gasteiger partial charge is 0.492 e. The number of hydrogen-bond donors (Lipinski definition) is 1. The molecule has 0 unspecified atom stereocenters. The number of fused-ring (bicyclic) bond motifs is 2. The average Bonchev–Trinajstić information content (AvgIpc) is 3.57. The maximum Gasteiger partial charge on any atom is 0.304 e. The molecule has 0 aromatic heterocycles. The van der Waals surface area contributed by atoms with Gasteiger partial charge in [-0.25, -0.2) is 0 Å². The fraction of sp³-hybridized carbons (Fsp3) is 0.480. The molecule has 1 spiro atoms. The van der Waals surface area contributed by atoms with Crippen LogP contribution >= 0.6 is 35.6 Å². The summed E-state index contributed by atoms with van der Waals surface area (Å²) in [7, 11) is 0. The molecule has 0 atom stereocenters. The van der Waals surface area contributed by atoms with Gasteiger partial charge in [0.15, 0.2) is 0 Å². The van der Waals surface area contributed by atoms with E-state index in [-0.39, 0.29) is 24.2 Å². The van der Waals surface area contributed by atoms with E-state index in [1.54, 1.807) is 0 Å². The van der Waals surface area contributed by atoms with Crippen LogP contribution in [0.15, 0.2) is 30.3 Å². The van der Waals surface area contributed by atoms with Gasteiger partial charge in [0.05, 0.1) is 13.0 Å². The van der Waals surface area contributed by atoms with Gasteiger partial charge in [0.25, 0.3) is 0 Å². The van der Waals surface area contributed by atoms with Crippen molar-refractivity contribution < 1.29 is 19.4 Å². The zero-order chi connectivity index (χ0) is 22.3. The van der Waals surface area contributed by atoms with Crippen molar-refractivity contribution in [2.45, 2.75) is 50.0 Å². The Morgan fingerprint density at radius 1 is 1.15 bits per heavy atom. The second-order valence-electron chi connectivity index (χ2n) is 9.24. The molecule has 33 heavy (non-hydrogen) atoms. The van der Waals surface area contributed by atoms with E-state index < -0.39 is 5.97 Å². The molecule has 0 bridgehead atoms. The monoisotopic (exact) mass is 511 g/mol. The molecule has 178 valence electrons. The predicted molar refractivity (Wildman–Crippen MR) is 132 cm³/mol. The summed E-state index contributed by atoms with van der Waals surface area (Å²) in [4.78, 5) is 13.1. The van der Waals surface area contributed by atoms with E-state index in [1.807, 2.05) is 24.3 Å². The Kier molecular flexibility index (Phi) is 7.35. The first kappa shape index (κ1) is 24.5. The van der Waals surface area contributed by atoms with E-state index in [0.29, 0.717) is 35.7 Å². The lowest BCUT2D eigenvalue weighted by Gasteiger charge is -2.38. The summed E-state index contributed by atoms with van der Waals surface area (Å²) in [6, 6.07) is 10.1. The molecule has 1 aliphatic carbocycles. The summed E-state index contributed by atoms with van der Waals surface area (Å²) in [5.41, 5.74) is 3.27. The van der Waals surface area contributed by atoms with Crippen LogP contribution in [0.4, 0.5) is 0 Å². The van der Waals surface area contributed by atoms with Crippen LogP contribution < -0.4 is 9.47 Å². The van der Waals surface area contributed by atoms with Crippen molar-refractivity contribution in [3.05, 3.63) is 57.1 Å². The van der Waals surface area contributed by atoms with Gasteiger partial charge in [0.1, 0.15) is 18.1 Å². The van der Waals surface area contributed by atoms with Gasteiger partial charge < -0.3 is 19.5 Å². The van der Waals surface area contributed by atoms with Crippen LogP contribution in [0.5, 0.6) is 11.5 Å². The lowest BCUT2D eigenvalue weighted by Crippen LogP contribution is -2.44. The second kappa shape index (κ2) is 9.91. The minimum atomic E-state index is -0.742. The van der Waals surface area contributed by atoms with E-state index in [1.165, 1.54) is 24.0 Å². The van der Waals surface area contributed by atoms with Gasteiger partial charge in [-0.2, -0.15) is 0 Å². The van der Waals surface area contributed by atoms with Gasteiger partial charge in [-0.05, 0) is 68.5 Å². The molecule has 5 nitrogen and oxygen atoms in total. The van der Waals surface area contributed by atoms with Gasteiger partial charge in [0, 0.05) is 39.2 Å². The van der Waals surface area contributed by atoms with E-state index in [2.05, 4.69) is 11.0 Å². The topological polar surface area (TPSA) is 59.0 Å². The zero-order valence-electron chi connectivity index (χ0n) is 18.3. The van der Waals surface area contributed by atoms with Crippen molar-refractivity contribution in [3.63, 3.8) is 0 Å². The minimum absolute atomic E-state index is 0. The minimum Gasteiger partial charge on any atom is -0.492 e. The summed E-state index contributed by atoms with van der Waals surface area (Å²) in [5.74, 6) is 1.47. The maximum absolute atomic E-state index is 10.8. The standard InChI is InChI=1S/C25H27Cl2NO4.ClH/c26-21-11-17(16-1-2-16)12-22(27)19(21)14-31-18-3-4-20-23(13-18)32-15-25(20)6-9-28(10-7-25)8-5-24(29)30;/h3-4,11-13,16H,1-2,5-10,14-15H2,(H,29,30);1H. The fourth-order valence-electron chi connectivity index (χ4n) is 4.88. The lowest BCUT2D eigenvalue weighted by molar-refractivity contribution is -0.137. The Balaban J connectivity index is 0.00000259. The highest BCUT2D eigenvalue weighted by atomic mass is 35.5. The summed E-state index contributed by atoms with van der Waals surface area (Å²) in [6.07, 6.45) is 4.55. The summed E-state index contributed by atoms with van der Waals surface area (Å²) < 4.78 is 12.1. The number of aliphatic carboxylic acids is 1. The third-order valence-corrected chi connectivity index (χ3v) is 7.75. The van der Waals surface area contributed by atoms with Crippen molar-refractivity contribution in [2.75, 3.05) is 26.2 Å². The van der Waals surface area contributed by atoms with Crippen LogP contribution in [0.1, 0.15) is 54.7 Å². The number of halogens is 3. The van der Waals surface area contributed by atoms with Crippen LogP contribution in [0, 0.1) is 0 Å². The number of likely N-dealkylation sites (tertiary alicyclic amines) is 1. The Morgan fingerprint density at radius 3 is 2.48 bits per heavy atom. The van der Waals surface area contributed by atoms with Gasteiger partial charge in [-0.1, -0.05) is 29.3 Å².